The lowest BCUT2D eigenvalue weighted by atomic mass is 10.0. The van der Waals surface area contributed by atoms with Crippen molar-refractivity contribution < 1.29 is 9.47 Å². The molecule has 0 spiro atoms. The second-order valence-electron chi connectivity index (χ2n) is 4.20. The van der Waals surface area contributed by atoms with Crippen molar-refractivity contribution in [3.05, 3.63) is 35.4 Å². The molecule has 3 nitrogen and oxygen atoms in total. The summed E-state index contributed by atoms with van der Waals surface area (Å²) in [6.07, 6.45) is 0.387. The number of aryl methyl sites for hydroxylation is 1. The fourth-order valence-electron chi connectivity index (χ4n) is 1.89. The van der Waals surface area contributed by atoms with Crippen molar-refractivity contribution in [3.8, 4) is 0 Å². The summed E-state index contributed by atoms with van der Waals surface area (Å²) in [5, 5.41) is 3.18. The van der Waals surface area contributed by atoms with Crippen LogP contribution < -0.4 is 5.32 Å². The molecule has 1 fully saturated rings. The molecule has 88 valence electrons. The average molecular weight is 221 g/mol. The van der Waals surface area contributed by atoms with Gasteiger partial charge in [-0.2, -0.15) is 0 Å². The van der Waals surface area contributed by atoms with Gasteiger partial charge in [0.15, 0.2) is 0 Å². The molecule has 1 unspecified atom stereocenters. The Bertz CT molecular complexity index is 336. The van der Waals surface area contributed by atoms with Gasteiger partial charge in [-0.1, -0.05) is 24.3 Å². The lowest BCUT2D eigenvalue weighted by Crippen LogP contribution is -2.38. The van der Waals surface area contributed by atoms with E-state index in [9.17, 15) is 0 Å². The van der Waals surface area contributed by atoms with Crippen molar-refractivity contribution in [3.63, 3.8) is 0 Å². The second kappa shape index (κ2) is 5.43. The zero-order valence-corrected chi connectivity index (χ0v) is 9.90. The Morgan fingerprint density at radius 3 is 2.75 bits per heavy atom. The highest BCUT2D eigenvalue weighted by Gasteiger charge is 2.24. The predicted molar refractivity (Wildman–Crippen MR) is 63.5 cm³/mol. The first-order valence-electron chi connectivity index (χ1n) is 5.74. The number of hydrogen-bond donors (Lipinski definition) is 1. The van der Waals surface area contributed by atoms with Crippen LogP contribution in [-0.2, 0) is 9.47 Å². The highest BCUT2D eigenvalue weighted by atomic mass is 16.6. The van der Waals surface area contributed by atoms with Crippen molar-refractivity contribution in [1.82, 2.24) is 5.32 Å². The van der Waals surface area contributed by atoms with Gasteiger partial charge in [0.25, 0.3) is 0 Å². The van der Waals surface area contributed by atoms with Gasteiger partial charge in [0.2, 0.25) is 0 Å². The minimum atomic E-state index is 0.125. The van der Waals surface area contributed by atoms with Crippen LogP contribution in [0.3, 0.4) is 0 Å². The summed E-state index contributed by atoms with van der Waals surface area (Å²) in [4.78, 5) is 0. The number of hydrogen-bond acceptors (Lipinski definition) is 3. The average Bonchev–Trinajstić information content (AvgIpc) is 2.23. The molecule has 0 aromatic heterocycles. The first-order chi connectivity index (χ1) is 7.81. The van der Waals surface area contributed by atoms with Gasteiger partial charge in [-0.05, 0) is 25.1 Å². The Labute approximate surface area is 96.8 Å². The molecule has 0 aliphatic carbocycles. The van der Waals surface area contributed by atoms with Crippen molar-refractivity contribution in [2.75, 3.05) is 26.8 Å². The van der Waals surface area contributed by atoms with Crippen LogP contribution >= 0.6 is 0 Å². The summed E-state index contributed by atoms with van der Waals surface area (Å²) >= 11 is 0. The van der Waals surface area contributed by atoms with Gasteiger partial charge in [0.05, 0.1) is 19.3 Å². The Morgan fingerprint density at radius 1 is 1.44 bits per heavy atom. The molecule has 0 radical (unpaired) electrons. The standard InChI is InChI=1S/C13H19NO2/c1-10-5-3-4-6-12(10)13(7-14-2)16-11-8-15-9-11/h3-6,11,13-14H,7-9H2,1-2H3. The molecular formula is C13H19NO2. The molecule has 1 heterocycles. The first kappa shape index (κ1) is 11.6. The summed E-state index contributed by atoms with van der Waals surface area (Å²) in [6, 6.07) is 8.38. The van der Waals surface area contributed by atoms with Crippen molar-refractivity contribution in [2.24, 2.45) is 0 Å². The van der Waals surface area contributed by atoms with Crippen LogP contribution in [0.25, 0.3) is 0 Å². The van der Waals surface area contributed by atoms with Crippen LogP contribution in [-0.4, -0.2) is 32.9 Å². The molecule has 1 aliphatic rings. The van der Waals surface area contributed by atoms with E-state index >= 15 is 0 Å². The third-order valence-electron chi connectivity index (χ3n) is 2.89. The summed E-state index contributed by atoms with van der Waals surface area (Å²) in [5.41, 5.74) is 2.55. The number of likely N-dealkylation sites (N-methyl/N-ethyl adjacent to an activating group) is 1. The van der Waals surface area contributed by atoms with E-state index in [1.165, 1.54) is 11.1 Å². The van der Waals surface area contributed by atoms with Gasteiger partial charge in [0.1, 0.15) is 6.10 Å². The molecule has 3 heteroatoms. The van der Waals surface area contributed by atoms with E-state index in [4.69, 9.17) is 9.47 Å². The monoisotopic (exact) mass is 221 g/mol. The molecule has 2 rings (SSSR count). The molecule has 0 amide bonds. The minimum absolute atomic E-state index is 0.125. The summed E-state index contributed by atoms with van der Waals surface area (Å²) < 4.78 is 11.1. The van der Waals surface area contributed by atoms with Crippen LogP contribution in [0.2, 0.25) is 0 Å². The van der Waals surface area contributed by atoms with Gasteiger partial charge in [-0.3, -0.25) is 0 Å². The largest absolute Gasteiger partial charge is 0.376 e. The number of rotatable bonds is 5. The highest BCUT2D eigenvalue weighted by Crippen LogP contribution is 2.23. The fraction of sp³-hybridized carbons (Fsp3) is 0.538. The zero-order chi connectivity index (χ0) is 11.4. The van der Waals surface area contributed by atoms with E-state index < -0.39 is 0 Å². The lowest BCUT2D eigenvalue weighted by molar-refractivity contribution is -0.155. The predicted octanol–water partition coefficient (Wildman–Crippen LogP) is 1.67. The van der Waals surface area contributed by atoms with Gasteiger partial charge in [0, 0.05) is 6.54 Å². The summed E-state index contributed by atoms with van der Waals surface area (Å²) in [7, 11) is 1.95. The third kappa shape index (κ3) is 2.61. The van der Waals surface area contributed by atoms with Crippen LogP contribution in [0.4, 0.5) is 0 Å². The second-order valence-corrected chi connectivity index (χ2v) is 4.20. The maximum Gasteiger partial charge on any atom is 0.105 e. The van der Waals surface area contributed by atoms with E-state index in [2.05, 4.69) is 36.5 Å². The Kier molecular flexibility index (Phi) is 3.93. The van der Waals surface area contributed by atoms with Crippen molar-refractivity contribution in [1.29, 1.82) is 0 Å². The first-order valence-corrected chi connectivity index (χ1v) is 5.74. The van der Waals surface area contributed by atoms with Crippen LogP contribution in [0.5, 0.6) is 0 Å². The fourth-order valence-corrected chi connectivity index (χ4v) is 1.89. The van der Waals surface area contributed by atoms with E-state index in [1.807, 2.05) is 7.05 Å². The number of benzene rings is 1. The Morgan fingerprint density at radius 2 is 2.19 bits per heavy atom. The third-order valence-corrected chi connectivity index (χ3v) is 2.89. The molecular weight excluding hydrogens is 202 g/mol. The Balaban J connectivity index is 2.08. The zero-order valence-electron chi connectivity index (χ0n) is 9.90. The molecule has 1 aromatic rings. The normalized spacial score (nSPS) is 18.1. The highest BCUT2D eigenvalue weighted by molar-refractivity contribution is 5.28. The molecule has 1 aliphatic heterocycles. The quantitative estimate of drug-likeness (QED) is 0.820. The molecule has 1 saturated heterocycles. The van der Waals surface area contributed by atoms with E-state index in [1.54, 1.807) is 0 Å². The van der Waals surface area contributed by atoms with Gasteiger partial charge >= 0.3 is 0 Å². The molecule has 1 atom stereocenters. The minimum Gasteiger partial charge on any atom is -0.376 e. The lowest BCUT2D eigenvalue weighted by Gasteiger charge is -2.31. The van der Waals surface area contributed by atoms with E-state index in [0.717, 1.165) is 19.8 Å². The SMILES string of the molecule is CNCC(OC1COC1)c1ccccc1C. The van der Waals surface area contributed by atoms with Gasteiger partial charge < -0.3 is 14.8 Å². The molecule has 0 saturated carbocycles. The number of ether oxygens (including phenoxy) is 2. The van der Waals surface area contributed by atoms with Crippen molar-refractivity contribution in [2.45, 2.75) is 19.1 Å². The number of nitrogens with one attached hydrogen (secondary N) is 1. The summed E-state index contributed by atoms with van der Waals surface area (Å²) in [5.74, 6) is 0. The van der Waals surface area contributed by atoms with Gasteiger partial charge in [-0.25, -0.2) is 0 Å². The van der Waals surface area contributed by atoms with E-state index in [-0.39, 0.29) is 12.2 Å². The van der Waals surface area contributed by atoms with Crippen molar-refractivity contribution >= 4 is 0 Å². The summed E-state index contributed by atoms with van der Waals surface area (Å²) in [6.45, 7) is 4.41. The smallest absolute Gasteiger partial charge is 0.105 e. The molecule has 0 bridgehead atoms. The molecule has 1 N–H and O–H groups in total. The topological polar surface area (TPSA) is 30.5 Å². The maximum atomic E-state index is 6.01. The van der Waals surface area contributed by atoms with Gasteiger partial charge in [-0.15, -0.1) is 0 Å². The maximum absolute atomic E-state index is 6.01. The van der Waals surface area contributed by atoms with E-state index in [0.29, 0.717) is 0 Å². The molecule has 16 heavy (non-hydrogen) atoms. The Hall–Kier alpha value is -0.900. The van der Waals surface area contributed by atoms with Crippen LogP contribution in [0.1, 0.15) is 17.2 Å². The molecule has 1 aromatic carbocycles. The van der Waals surface area contributed by atoms with Crippen LogP contribution in [0, 0.1) is 6.92 Å². The van der Waals surface area contributed by atoms with Crippen LogP contribution in [0.15, 0.2) is 24.3 Å².